The number of anilines is 1. The van der Waals surface area contributed by atoms with Gasteiger partial charge in [0, 0.05) is 30.8 Å². The quantitative estimate of drug-likeness (QED) is 0.564. The Morgan fingerprint density at radius 3 is 2.38 bits per heavy atom. The molecule has 1 heterocycles. The molecule has 0 bridgehead atoms. The zero-order valence-electron chi connectivity index (χ0n) is 15.4. The zero-order valence-corrected chi connectivity index (χ0v) is 15.4. The van der Waals surface area contributed by atoms with Gasteiger partial charge in [0.15, 0.2) is 17.3 Å². The van der Waals surface area contributed by atoms with Gasteiger partial charge in [0.1, 0.15) is 0 Å². The van der Waals surface area contributed by atoms with Gasteiger partial charge in [-0.3, -0.25) is 4.79 Å². The maximum atomic E-state index is 12.5. The number of nitrogens with zero attached hydrogens (tertiary/aromatic N) is 1. The molecule has 2 aromatic carbocycles. The molecule has 136 valence electrons. The number of ether oxygens (including phenoxy) is 2. The predicted octanol–water partition coefficient (Wildman–Crippen LogP) is 4.59. The molecule has 4 heteroatoms. The summed E-state index contributed by atoms with van der Waals surface area (Å²) in [6.07, 6.45) is 4.30. The van der Waals surface area contributed by atoms with Crippen LogP contribution in [0.5, 0.6) is 11.5 Å². The molecule has 2 aromatic rings. The number of carbonyl (C=O) groups is 1. The molecule has 4 nitrogen and oxygen atoms in total. The standard InChI is InChI=1S/C22H25NO3/c1-3-23(4-2)19-10-6-17(7-11-19)8-12-20(24)18-9-13-21-22(16-18)26-15-5-14-25-21/h6-13,16H,3-5,14-15H2,1-2H3/b12-8+. The summed E-state index contributed by atoms with van der Waals surface area (Å²) in [4.78, 5) is 14.8. The topological polar surface area (TPSA) is 38.8 Å². The molecule has 0 spiro atoms. The van der Waals surface area contributed by atoms with E-state index in [0.717, 1.165) is 25.1 Å². The Hall–Kier alpha value is -2.75. The third kappa shape index (κ3) is 4.26. The molecule has 3 rings (SSSR count). The van der Waals surface area contributed by atoms with Gasteiger partial charge in [-0.25, -0.2) is 0 Å². The van der Waals surface area contributed by atoms with Gasteiger partial charge >= 0.3 is 0 Å². The maximum absolute atomic E-state index is 12.5. The Morgan fingerprint density at radius 1 is 1.00 bits per heavy atom. The Kier molecular flexibility index (Phi) is 5.95. The highest BCUT2D eigenvalue weighted by Gasteiger charge is 2.12. The third-order valence-corrected chi connectivity index (χ3v) is 4.48. The number of rotatable bonds is 6. The fourth-order valence-electron chi connectivity index (χ4n) is 2.97. The van der Waals surface area contributed by atoms with E-state index in [1.165, 1.54) is 5.69 Å². The highest BCUT2D eigenvalue weighted by molar-refractivity contribution is 6.07. The molecule has 0 radical (unpaired) electrons. The van der Waals surface area contributed by atoms with E-state index in [-0.39, 0.29) is 5.78 Å². The second kappa shape index (κ2) is 8.56. The number of benzene rings is 2. The summed E-state index contributed by atoms with van der Waals surface area (Å²) in [5.74, 6) is 1.30. The first kappa shape index (κ1) is 18.1. The molecular formula is C22H25NO3. The lowest BCUT2D eigenvalue weighted by molar-refractivity contribution is 0.104. The van der Waals surface area contributed by atoms with Crippen LogP contribution < -0.4 is 14.4 Å². The molecule has 0 fully saturated rings. The number of ketones is 1. The summed E-state index contributed by atoms with van der Waals surface area (Å²) in [7, 11) is 0. The molecule has 0 aliphatic carbocycles. The van der Waals surface area contributed by atoms with Crippen molar-refractivity contribution in [2.24, 2.45) is 0 Å². The first-order valence-electron chi connectivity index (χ1n) is 9.18. The van der Waals surface area contributed by atoms with Gasteiger partial charge in [-0.1, -0.05) is 18.2 Å². The molecule has 0 unspecified atom stereocenters. The highest BCUT2D eigenvalue weighted by atomic mass is 16.5. The van der Waals surface area contributed by atoms with Crippen molar-refractivity contribution in [3.05, 3.63) is 59.7 Å². The zero-order chi connectivity index (χ0) is 18.4. The number of hydrogen-bond donors (Lipinski definition) is 0. The van der Waals surface area contributed by atoms with Gasteiger partial charge in [-0.15, -0.1) is 0 Å². The molecule has 1 aliphatic rings. The number of fused-ring (bicyclic) bond motifs is 1. The lowest BCUT2D eigenvalue weighted by Crippen LogP contribution is -2.21. The second-order valence-corrected chi connectivity index (χ2v) is 6.17. The van der Waals surface area contributed by atoms with E-state index in [2.05, 4.69) is 30.9 Å². The molecular weight excluding hydrogens is 326 g/mol. The summed E-state index contributed by atoms with van der Waals surface area (Å²) in [6, 6.07) is 13.6. The van der Waals surface area contributed by atoms with Gasteiger partial charge in [-0.2, -0.15) is 0 Å². The summed E-state index contributed by atoms with van der Waals surface area (Å²) < 4.78 is 11.3. The van der Waals surface area contributed by atoms with E-state index >= 15 is 0 Å². The molecule has 0 saturated heterocycles. The summed E-state index contributed by atoms with van der Waals surface area (Å²) in [5, 5.41) is 0. The van der Waals surface area contributed by atoms with Crippen LogP contribution >= 0.6 is 0 Å². The lowest BCUT2D eigenvalue weighted by Gasteiger charge is -2.20. The lowest BCUT2D eigenvalue weighted by atomic mass is 10.1. The second-order valence-electron chi connectivity index (χ2n) is 6.17. The molecule has 1 aliphatic heterocycles. The molecule has 0 saturated carbocycles. The van der Waals surface area contributed by atoms with Gasteiger partial charge in [0.2, 0.25) is 0 Å². The molecule has 0 amide bonds. The molecule has 0 atom stereocenters. The minimum absolute atomic E-state index is 0.0477. The van der Waals surface area contributed by atoms with E-state index in [0.29, 0.717) is 30.3 Å². The fourth-order valence-corrected chi connectivity index (χ4v) is 2.97. The normalized spacial score (nSPS) is 13.5. The van der Waals surface area contributed by atoms with Crippen LogP contribution in [0.15, 0.2) is 48.5 Å². The predicted molar refractivity (Wildman–Crippen MR) is 105 cm³/mol. The Labute approximate surface area is 155 Å². The van der Waals surface area contributed by atoms with Crippen LogP contribution in [-0.2, 0) is 0 Å². The Bertz CT molecular complexity index is 776. The highest BCUT2D eigenvalue weighted by Crippen LogP contribution is 2.30. The van der Waals surface area contributed by atoms with Gasteiger partial charge in [0.05, 0.1) is 13.2 Å². The van der Waals surface area contributed by atoms with E-state index in [1.807, 2.05) is 18.2 Å². The van der Waals surface area contributed by atoms with E-state index in [4.69, 9.17) is 9.47 Å². The van der Waals surface area contributed by atoms with E-state index in [1.54, 1.807) is 24.3 Å². The van der Waals surface area contributed by atoms with Crippen LogP contribution in [0, 0.1) is 0 Å². The smallest absolute Gasteiger partial charge is 0.185 e. The van der Waals surface area contributed by atoms with Crippen LogP contribution in [-0.4, -0.2) is 32.1 Å². The average Bonchev–Trinajstić information content (AvgIpc) is 2.93. The van der Waals surface area contributed by atoms with Crippen molar-refractivity contribution in [2.45, 2.75) is 20.3 Å². The average molecular weight is 351 g/mol. The summed E-state index contributed by atoms with van der Waals surface area (Å²) in [5.41, 5.74) is 2.80. The first-order chi connectivity index (χ1) is 12.7. The van der Waals surface area contributed by atoms with Crippen molar-refractivity contribution in [2.75, 3.05) is 31.2 Å². The SMILES string of the molecule is CCN(CC)c1ccc(/C=C/C(=O)c2ccc3c(c2)OCCCO3)cc1. The number of carbonyl (C=O) groups excluding carboxylic acids is 1. The van der Waals surface area contributed by atoms with Crippen molar-refractivity contribution in [1.82, 2.24) is 0 Å². The minimum atomic E-state index is -0.0477. The van der Waals surface area contributed by atoms with Crippen molar-refractivity contribution < 1.29 is 14.3 Å². The van der Waals surface area contributed by atoms with Crippen molar-refractivity contribution in [3.8, 4) is 11.5 Å². The van der Waals surface area contributed by atoms with Gasteiger partial charge in [0.25, 0.3) is 0 Å². The summed E-state index contributed by atoms with van der Waals surface area (Å²) >= 11 is 0. The maximum Gasteiger partial charge on any atom is 0.185 e. The van der Waals surface area contributed by atoms with Crippen LogP contribution in [0.25, 0.3) is 6.08 Å². The fraction of sp³-hybridized carbons (Fsp3) is 0.318. The van der Waals surface area contributed by atoms with Crippen molar-refractivity contribution in [1.29, 1.82) is 0 Å². The monoisotopic (exact) mass is 351 g/mol. The van der Waals surface area contributed by atoms with Gasteiger partial charge < -0.3 is 14.4 Å². The van der Waals surface area contributed by atoms with Crippen LogP contribution in [0.4, 0.5) is 5.69 Å². The molecule has 26 heavy (non-hydrogen) atoms. The number of allylic oxidation sites excluding steroid dienone is 1. The van der Waals surface area contributed by atoms with Gasteiger partial charge in [-0.05, 0) is 55.8 Å². The molecule has 0 aromatic heterocycles. The number of hydrogen-bond acceptors (Lipinski definition) is 4. The Balaban J connectivity index is 1.70. The largest absolute Gasteiger partial charge is 0.490 e. The van der Waals surface area contributed by atoms with E-state index in [9.17, 15) is 4.79 Å². The van der Waals surface area contributed by atoms with Crippen molar-refractivity contribution >= 4 is 17.5 Å². The van der Waals surface area contributed by atoms with Crippen LogP contribution in [0.1, 0.15) is 36.2 Å². The van der Waals surface area contributed by atoms with Crippen LogP contribution in [0.2, 0.25) is 0 Å². The molecule has 0 N–H and O–H groups in total. The Morgan fingerprint density at radius 2 is 1.69 bits per heavy atom. The first-order valence-corrected chi connectivity index (χ1v) is 9.18. The van der Waals surface area contributed by atoms with E-state index < -0.39 is 0 Å². The summed E-state index contributed by atoms with van der Waals surface area (Å²) in [6.45, 7) is 7.50. The van der Waals surface area contributed by atoms with Crippen LogP contribution in [0.3, 0.4) is 0 Å². The van der Waals surface area contributed by atoms with Crippen molar-refractivity contribution in [3.63, 3.8) is 0 Å². The minimum Gasteiger partial charge on any atom is -0.490 e. The third-order valence-electron chi connectivity index (χ3n) is 4.48.